The third-order valence-electron chi connectivity index (χ3n) is 2.56. The van der Waals surface area contributed by atoms with E-state index in [1.54, 1.807) is 0 Å². The van der Waals surface area contributed by atoms with Crippen molar-refractivity contribution >= 4 is 6.03 Å². The number of benzene rings is 1. The smallest absolute Gasteiger partial charge is 0.315 e. The van der Waals surface area contributed by atoms with Crippen LogP contribution in [0, 0.1) is 5.92 Å². The SMILES string of the molecule is CC(C)COCC(O)CNC(=O)NCc1ccccc1. The minimum atomic E-state index is -0.684. The number of carbonyl (C=O) groups excluding carboxylic acids is 1. The molecule has 0 radical (unpaired) electrons. The van der Waals surface area contributed by atoms with E-state index in [4.69, 9.17) is 4.74 Å². The van der Waals surface area contributed by atoms with Gasteiger partial charge in [-0.05, 0) is 11.5 Å². The maximum atomic E-state index is 11.5. The molecular weight excluding hydrogens is 256 g/mol. The lowest BCUT2D eigenvalue weighted by atomic mass is 10.2. The van der Waals surface area contributed by atoms with Crippen LogP contribution in [0.25, 0.3) is 0 Å². The summed E-state index contributed by atoms with van der Waals surface area (Å²) in [4.78, 5) is 11.5. The number of nitrogens with one attached hydrogen (secondary N) is 2. The monoisotopic (exact) mass is 280 g/mol. The van der Waals surface area contributed by atoms with Crippen molar-refractivity contribution in [1.29, 1.82) is 0 Å². The Labute approximate surface area is 120 Å². The minimum Gasteiger partial charge on any atom is -0.389 e. The predicted octanol–water partition coefficient (Wildman–Crippen LogP) is 1.52. The molecular formula is C15H24N2O3. The standard InChI is InChI=1S/C15H24N2O3/c1-12(2)10-20-11-14(18)9-17-15(19)16-8-13-6-4-3-5-7-13/h3-7,12,14,18H,8-11H2,1-2H3,(H2,16,17,19). The Morgan fingerprint density at radius 1 is 1.20 bits per heavy atom. The van der Waals surface area contributed by atoms with E-state index in [9.17, 15) is 9.90 Å². The number of rotatable bonds is 8. The fourth-order valence-electron chi connectivity index (χ4n) is 1.55. The number of amides is 2. The molecule has 0 saturated carbocycles. The van der Waals surface area contributed by atoms with E-state index in [0.29, 0.717) is 19.1 Å². The van der Waals surface area contributed by atoms with E-state index < -0.39 is 6.10 Å². The highest BCUT2D eigenvalue weighted by atomic mass is 16.5. The van der Waals surface area contributed by atoms with Crippen molar-refractivity contribution in [2.45, 2.75) is 26.5 Å². The predicted molar refractivity (Wildman–Crippen MR) is 78.3 cm³/mol. The van der Waals surface area contributed by atoms with Gasteiger partial charge in [0, 0.05) is 19.7 Å². The van der Waals surface area contributed by atoms with Gasteiger partial charge in [-0.25, -0.2) is 4.79 Å². The van der Waals surface area contributed by atoms with Gasteiger partial charge in [0.15, 0.2) is 0 Å². The summed E-state index contributed by atoms with van der Waals surface area (Å²) >= 11 is 0. The Hall–Kier alpha value is -1.59. The van der Waals surface area contributed by atoms with E-state index in [-0.39, 0.29) is 19.2 Å². The summed E-state index contributed by atoms with van der Waals surface area (Å²) in [5.41, 5.74) is 1.03. The molecule has 1 aromatic rings. The summed E-state index contributed by atoms with van der Waals surface area (Å²) in [7, 11) is 0. The fourth-order valence-corrected chi connectivity index (χ4v) is 1.55. The lowest BCUT2D eigenvalue weighted by Crippen LogP contribution is -2.40. The first-order valence-electron chi connectivity index (χ1n) is 6.89. The van der Waals surface area contributed by atoms with Gasteiger partial charge in [-0.1, -0.05) is 44.2 Å². The molecule has 0 aromatic heterocycles. The maximum Gasteiger partial charge on any atom is 0.315 e. The maximum absolute atomic E-state index is 11.5. The molecule has 0 aliphatic heterocycles. The van der Waals surface area contributed by atoms with E-state index >= 15 is 0 Å². The number of hydrogen-bond donors (Lipinski definition) is 3. The van der Waals surface area contributed by atoms with Gasteiger partial charge in [-0.3, -0.25) is 0 Å². The zero-order valence-corrected chi connectivity index (χ0v) is 12.1. The highest BCUT2D eigenvalue weighted by Crippen LogP contribution is 1.97. The van der Waals surface area contributed by atoms with Crippen LogP contribution < -0.4 is 10.6 Å². The zero-order chi connectivity index (χ0) is 14.8. The van der Waals surface area contributed by atoms with Crippen LogP contribution in [0.4, 0.5) is 4.79 Å². The second-order valence-corrected chi connectivity index (χ2v) is 5.13. The lowest BCUT2D eigenvalue weighted by molar-refractivity contribution is 0.0272. The molecule has 0 fully saturated rings. The van der Waals surface area contributed by atoms with Crippen LogP contribution in [0.5, 0.6) is 0 Å². The second-order valence-electron chi connectivity index (χ2n) is 5.13. The van der Waals surface area contributed by atoms with Crippen LogP contribution in [0.15, 0.2) is 30.3 Å². The van der Waals surface area contributed by atoms with Gasteiger partial charge in [0.2, 0.25) is 0 Å². The van der Waals surface area contributed by atoms with Gasteiger partial charge >= 0.3 is 6.03 Å². The van der Waals surface area contributed by atoms with Gasteiger partial charge in [-0.15, -0.1) is 0 Å². The van der Waals surface area contributed by atoms with Crippen molar-refractivity contribution in [3.63, 3.8) is 0 Å². The fraction of sp³-hybridized carbons (Fsp3) is 0.533. The summed E-state index contributed by atoms with van der Waals surface area (Å²) in [5.74, 6) is 0.435. The summed E-state index contributed by atoms with van der Waals surface area (Å²) in [6, 6.07) is 9.35. The molecule has 1 rings (SSSR count). The molecule has 0 spiro atoms. The summed E-state index contributed by atoms with van der Waals surface area (Å²) < 4.78 is 5.30. The first-order chi connectivity index (χ1) is 9.58. The first kappa shape index (κ1) is 16.5. The third kappa shape index (κ3) is 7.76. The van der Waals surface area contributed by atoms with E-state index in [1.165, 1.54) is 0 Å². The number of urea groups is 1. The summed E-state index contributed by atoms with van der Waals surface area (Å²) in [6.07, 6.45) is -0.684. The normalized spacial score (nSPS) is 12.2. The quantitative estimate of drug-likeness (QED) is 0.676. The van der Waals surface area contributed by atoms with Crippen molar-refractivity contribution in [2.75, 3.05) is 19.8 Å². The van der Waals surface area contributed by atoms with Crippen LogP contribution in [0.2, 0.25) is 0 Å². The molecule has 0 heterocycles. The molecule has 5 nitrogen and oxygen atoms in total. The van der Waals surface area contributed by atoms with Crippen LogP contribution in [0.1, 0.15) is 19.4 Å². The van der Waals surface area contributed by atoms with Crippen molar-refractivity contribution < 1.29 is 14.6 Å². The Morgan fingerprint density at radius 2 is 1.90 bits per heavy atom. The Balaban J connectivity index is 2.10. The lowest BCUT2D eigenvalue weighted by Gasteiger charge is -2.14. The number of carbonyl (C=O) groups is 1. The minimum absolute atomic E-state index is 0.179. The van der Waals surface area contributed by atoms with Crippen molar-refractivity contribution in [2.24, 2.45) is 5.92 Å². The molecule has 112 valence electrons. The highest BCUT2D eigenvalue weighted by molar-refractivity contribution is 5.73. The van der Waals surface area contributed by atoms with Gasteiger partial charge in [0.25, 0.3) is 0 Å². The summed E-state index contributed by atoms with van der Waals surface area (Å²) in [5, 5.41) is 15.0. The summed E-state index contributed by atoms with van der Waals surface area (Å²) in [6.45, 7) is 5.57. The molecule has 0 aliphatic rings. The zero-order valence-electron chi connectivity index (χ0n) is 12.1. The third-order valence-corrected chi connectivity index (χ3v) is 2.56. The van der Waals surface area contributed by atoms with Crippen molar-refractivity contribution in [1.82, 2.24) is 10.6 Å². The van der Waals surface area contributed by atoms with E-state index in [2.05, 4.69) is 10.6 Å². The van der Waals surface area contributed by atoms with Gasteiger partial charge in [0.05, 0.1) is 12.7 Å². The number of aliphatic hydroxyl groups is 1. The Bertz CT molecular complexity index is 382. The molecule has 5 heteroatoms. The number of hydrogen-bond acceptors (Lipinski definition) is 3. The Kier molecular flexibility index (Phi) is 7.69. The molecule has 1 atom stereocenters. The molecule has 0 bridgehead atoms. The van der Waals surface area contributed by atoms with Crippen LogP contribution >= 0.6 is 0 Å². The van der Waals surface area contributed by atoms with E-state index in [1.807, 2.05) is 44.2 Å². The molecule has 20 heavy (non-hydrogen) atoms. The topological polar surface area (TPSA) is 70.6 Å². The van der Waals surface area contributed by atoms with Gasteiger partial charge in [0.1, 0.15) is 0 Å². The first-order valence-corrected chi connectivity index (χ1v) is 6.89. The average molecular weight is 280 g/mol. The van der Waals surface area contributed by atoms with Gasteiger partial charge < -0.3 is 20.5 Å². The molecule has 1 aromatic carbocycles. The van der Waals surface area contributed by atoms with Crippen LogP contribution in [-0.2, 0) is 11.3 Å². The van der Waals surface area contributed by atoms with Crippen LogP contribution in [-0.4, -0.2) is 37.0 Å². The largest absolute Gasteiger partial charge is 0.389 e. The molecule has 1 unspecified atom stereocenters. The molecule has 0 aliphatic carbocycles. The van der Waals surface area contributed by atoms with Gasteiger partial charge in [-0.2, -0.15) is 0 Å². The molecule has 2 amide bonds. The highest BCUT2D eigenvalue weighted by Gasteiger charge is 2.07. The van der Waals surface area contributed by atoms with E-state index in [0.717, 1.165) is 5.56 Å². The number of aliphatic hydroxyl groups excluding tert-OH is 1. The molecule has 0 saturated heterocycles. The van der Waals surface area contributed by atoms with Crippen LogP contribution in [0.3, 0.4) is 0 Å². The average Bonchev–Trinajstić information content (AvgIpc) is 2.43. The van der Waals surface area contributed by atoms with Crippen molar-refractivity contribution in [3.05, 3.63) is 35.9 Å². The molecule has 3 N–H and O–H groups in total. The number of ether oxygens (including phenoxy) is 1. The van der Waals surface area contributed by atoms with Crippen molar-refractivity contribution in [3.8, 4) is 0 Å². The second kappa shape index (κ2) is 9.34. The Morgan fingerprint density at radius 3 is 2.55 bits per heavy atom.